The summed E-state index contributed by atoms with van der Waals surface area (Å²) in [6.45, 7) is 6.31. The van der Waals surface area contributed by atoms with Crippen LogP contribution in [0.4, 0.5) is 10.5 Å². The molecule has 0 radical (unpaired) electrons. The number of hydrogen-bond donors (Lipinski definition) is 1. The third-order valence-electron chi connectivity index (χ3n) is 5.50. The quantitative estimate of drug-likeness (QED) is 0.844. The molecule has 1 aliphatic rings. The van der Waals surface area contributed by atoms with Gasteiger partial charge in [-0.25, -0.2) is 4.79 Å². The van der Waals surface area contributed by atoms with Crippen LogP contribution >= 0.6 is 0 Å². The smallest absolute Gasteiger partial charge is 0.331 e. The molecule has 0 unspecified atom stereocenters. The summed E-state index contributed by atoms with van der Waals surface area (Å²) >= 11 is 0. The van der Waals surface area contributed by atoms with Crippen molar-refractivity contribution in [2.75, 3.05) is 11.4 Å². The van der Waals surface area contributed by atoms with Gasteiger partial charge < -0.3 is 5.11 Å². The van der Waals surface area contributed by atoms with E-state index in [1.165, 1.54) is 4.90 Å². The number of aliphatic hydroxyl groups is 1. The highest BCUT2D eigenvalue weighted by molar-refractivity contribution is 6.04. The van der Waals surface area contributed by atoms with Gasteiger partial charge in [0.2, 0.25) is 5.91 Å². The first kappa shape index (κ1) is 20.1. The van der Waals surface area contributed by atoms with E-state index in [-0.39, 0.29) is 23.9 Å². The van der Waals surface area contributed by atoms with E-state index in [2.05, 4.69) is 0 Å². The van der Waals surface area contributed by atoms with Crippen LogP contribution < -0.4 is 4.90 Å². The Balaban J connectivity index is 1.88. The molecule has 3 rings (SSSR count). The molecule has 3 atom stereocenters. The van der Waals surface area contributed by atoms with Crippen molar-refractivity contribution >= 4 is 17.6 Å². The molecule has 5 heteroatoms. The molecule has 0 spiro atoms. The minimum absolute atomic E-state index is 0.145. The largest absolute Gasteiger partial charge is 0.388 e. The number of hydrogen-bond acceptors (Lipinski definition) is 3. The fourth-order valence-corrected chi connectivity index (χ4v) is 3.79. The Kier molecular flexibility index (Phi) is 6.15. The number of amides is 3. The second-order valence-corrected chi connectivity index (χ2v) is 7.72. The molecule has 2 aromatic carbocycles. The minimum Gasteiger partial charge on any atom is -0.388 e. The van der Waals surface area contributed by atoms with E-state index in [4.69, 9.17) is 0 Å². The molecule has 5 nitrogen and oxygen atoms in total. The Morgan fingerprint density at radius 1 is 1.00 bits per heavy atom. The lowest BCUT2D eigenvalue weighted by Gasteiger charge is -2.43. The average Bonchev–Trinajstić information content (AvgIpc) is 2.73. The standard InChI is InChI=1S/C23H28N2O3/c1-16(2)20-14-15-24(19-12-8-5-9-13-19)23(28)25(20)22(27)17(3)21(26)18-10-6-4-7-11-18/h4-13,16-17,20-21,26H,14-15H2,1-3H3/t17-,20-,21-/m0/s1. The number of carbonyl (C=O) groups excluding carboxylic acids is 2. The van der Waals surface area contributed by atoms with Crippen molar-refractivity contribution in [2.45, 2.75) is 39.3 Å². The second-order valence-electron chi connectivity index (χ2n) is 7.72. The Hall–Kier alpha value is -2.66. The van der Waals surface area contributed by atoms with Crippen LogP contribution in [0.25, 0.3) is 0 Å². The maximum atomic E-state index is 13.3. The monoisotopic (exact) mass is 380 g/mol. The second kappa shape index (κ2) is 8.57. The maximum Gasteiger partial charge on any atom is 0.331 e. The molecule has 148 valence electrons. The van der Waals surface area contributed by atoms with Crippen LogP contribution in [0.1, 0.15) is 38.9 Å². The number of imide groups is 1. The Morgan fingerprint density at radius 2 is 1.57 bits per heavy atom. The average molecular weight is 380 g/mol. The van der Waals surface area contributed by atoms with Crippen molar-refractivity contribution in [1.29, 1.82) is 0 Å². The van der Waals surface area contributed by atoms with Crippen molar-refractivity contribution in [3.05, 3.63) is 66.2 Å². The Bertz CT molecular complexity index is 807. The van der Waals surface area contributed by atoms with Crippen molar-refractivity contribution in [3.8, 4) is 0 Å². The van der Waals surface area contributed by atoms with Gasteiger partial charge in [0.05, 0.1) is 12.0 Å². The first-order chi connectivity index (χ1) is 13.4. The number of rotatable bonds is 5. The van der Waals surface area contributed by atoms with Gasteiger partial charge in [0, 0.05) is 18.3 Å². The molecule has 28 heavy (non-hydrogen) atoms. The van der Waals surface area contributed by atoms with Gasteiger partial charge >= 0.3 is 6.03 Å². The summed E-state index contributed by atoms with van der Waals surface area (Å²) in [4.78, 5) is 29.7. The number of urea groups is 1. The van der Waals surface area contributed by atoms with Crippen LogP contribution in [-0.2, 0) is 4.79 Å². The third kappa shape index (κ3) is 3.94. The molecule has 1 N–H and O–H groups in total. The molecule has 1 saturated heterocycles. The van der Waals surface area contributed by atoms with Gasteiger partial charge in [-0.05, 0) is 30.0 Å². The first-order valence-corrected chi connectivity index (χ1v) is 9.84. The van der Waals surface area contributed by atoms with E-state index < -0.39 is 12.0 Å². The lowest BCUT2D eigenvalue weighted by atomic mass is 9.92. The van der Waals surface area contributed by atoms with Gasteiger partial charge in [-0.1, -0.05) is 69.3 Å². The molecule has 1 fully saturated rings. The zero-order valence-electron chi connectivity index (χ0n) is 16.7. The van der Waals surface area contributed by atoms with Gasteiger partial charge in [-0.15, -0.1) is 0 Å². The fraction of sp³-hybridized carbons (Fsp3) is 0.391. The van der Waals surface area contributed by atoms with Crippen LogP contribution in [0.2, 0.25) is 0 Å². The van der Waals surface area contributed by atoms with Crippen LogP contribution in [0.15, 0.2) is 60.7 Å². The zero-order valence-corrected chi connectivity index (χ0v) is 16.7. The molecule has 0 bridgehead atoms. The predicted molar refractivity (Wildman–Crippen MR) is 110 cm³/mol. The van der Waals surface area contributed by atoms with E-state index in [0.717, 1.165) is 5.69 Å². The van der Waals surface area contributed by atoms with Gasteiger partial charge in [0.25, 0.3) is 0 Å². The van der Waals surface area contributed by atoms with Crippen LogP contribution in [-0.4, -0.2) is 34.5 Å². The van der Waals surface area contributed by atoms with Gasteiger partial charge in [-0.2, -0.15) is 0 Å². The molecule has 1 heterocycles. The molecule has 1 aliphatic heterocycles. The van der Waals surface area contributed by atoms with Gasteiger partial charge in [-0.3, -0.25) is 14.6 Å². The molecule has 3 amide bonds. The highest BCUT2D eigenvalue weighted by atomic mass is 16.3. The minimum atomic E-state index is -0.957. The van der Waals surface area contributed by atoms with E-state index in [1.54, 1.807) is 24.0 Å². The van der Waals surface area contributed by atoms with E-state index >= 15 is 0 Å². The van der Waals surface area contributed by atoms with Crippen molar-refractivity contribution < 1.29 is 14.7 Å². The topological polar surface area (TPSA) is 60.9 Å². The van der Waals surface area contributed by atoms with Crippen molar-refractivity contribution in [2.24, 2.45) is 11.8 Å². The van der Waals surface area contributed by atoms with Crippen LogP contribution in [0.3, 0.4) is 0 Å². The molecular formula is C23H28N2O3. The van der Waals surface area contributed by atoms with E-state index in [0.29, 0.717) is 18.5 Å². The Labute approximate surface area is 166 Å². The summed E-state index contributed by atoms with van der Waals surface area (Å²) < 4.78 is 0. The molecule has 2 aromatic rings. The summed E-state index contributed by atoms with van der Waals surface area (Å²) in [7, 11) is 0. The summed E-state index contributed by atoms with van der Waals surface area (Å²) in [5, 5.41) is 10.7. The molecule has 0 saturated carbocycles. The number of carbonyl (C=O) groups is 2. The number of anilines is 1. The lowest BCUT2D eigenvalue weighted by Crippen LogP contribution is -2.59. The van der Waals surface area contributed by atoms with E-state index in [1.807, 2.05) is 62.4 Å². The number of para-hydroxylation sites is 1. The summed E-state index contributed by atoms with van der Waals surface area (Å²) in [5.74, 6) is -0.907. The van der Waals surface area contributed by atoms with Gasteiger partial charge in [0.15, 0.2) is 0 Å². The third-order valence-corrected chi connectivity index (χ3v) is 5.50. The van der Waals surface area contributed by atoms with Gasteiger partial charge in [0.1, 0.15) is 0 Å². The molecular weight excluding hydrogens is 352 g/mol. The zero-order chi connectivity index (χ0) is 20.3. The highest BCUT2D eigenvalue weighted by Gasteiger charge is 2.42. The summed E-state index contributed by atoms with van der Waals surface area (Å²) in [5.41, 5.74) is 1.46. The number of benzene rings is 2. The maximum absolute atomic E-state index is 13.3. The summed E-state index contributed by atoms with van der Waals surface area (Å²) in [6, 6.07) is 18.0. The predicted octanol–water partition coefficient (Wildman–Crippen LogP) is 4.24. The van der Waals surface area contributed by atoms with Crippen LogP contribution in [0, 0.1) is 11.8 Å². The van der Waals surface area contributed by atoms with E-state index in [9.17, 15) is 14.7 Å². The lowest BCUT2D eigenvalue weighted by molar-refractivity contribution is -0.138. The summed E-state index contributed by atoms with van der Waals surface area (Å²) in [6.07, 6.45) is -0.250. The van der Waals surface area contributed by atoms with Crippen molar-refractivity contribution in [1.82, 2.24) is 4.90 Å². The molecule has 0 aliphatic carbocycles. The highest BCUT2D eigenvalue weighted by Crippen LogP contribution is 2.31. The SMILES string of the molecule is CC(C)[C@@H]1CCN(c2ccccc2)C(=O)N1C(=O)[C@@H](C)[C@H](O)c1ccccc1. The van der Waals surface area contributed by atoms with Crippen molar-refractivity contribution in [3.63, 3.8) is 0 Å². The first-order valence-electron chi connectivity index (χ1n) is 9.84. The normalized spacial score (nSPS) is 19.6. The molecule has 0 aromatic heterocycles. The number of aliphatic hydroxyl groups excluding tert-OH is 1. The van der Waals surface area contributed by atoms with Crippen LogP contribution in [0.5, 0.6) is 0 Å². The fourth-order valence-electron chi connectivity index (χ4n) is 3.79. The Morgan fingerprint density at radius 3 is 2.14 bits per heavy atom. The number of nitrogens with zero attached hydrogens (tertiary/aromatic N) is 2.